The highest BCUT2D eigenvalue weighted by Crippen LogP contribution is 2.28. The summed E-state index contributed by atoms with van der Waals surface area (Å²) in [6.45, 7) is 5.29. The molecule has 0 aliphatic rings. The Morgan fingerprint density at radius 1 is 1.32 bits per heavy atom. The van der Waals surface area contributed by atoms with Crippen molar-refractivity contribution < 1.29 is 9.47 Å². The van der Waals surface area contributed by atoms with Gasteiger partial charge in [0.2, 0.25) is 0 Å². The van der Waals surface area contributed by atoms with E-state index in [2.05, 4.69) is 25.2 Å². The maximum Gasteiger partial charge on any atom is 0.161 e. The van der Waals surface area contributed by atoms with Crippen LogP contribution in [0.3, 0.4) is 0 Å². The van der Waals surface area contributed by atoms with Crippen molar-refractivity contribution in [2.24, 2.45) is 0 Å². The molecular formula is C15H22N2O2. The molecule has 1 aromatic carbocycles. The molecule has 0 spiro atoms. The molecule has 1 aromatic rings. The zero-order chi connectivity index (χ0) is 14.1. The first-order chi connectivity index (χ1) is 9.24. The molecular weight excluding hydrogens is 240 g/mol. The van der Waals surface area contributed by atoms with Gasteiger partial charge in [0, 0.05) is 0 Å². The molecule has 0 amide bonds. The van der Waals surface area contributed by atoms with E-state index in [-0.39, 0.29) is 6.04 Å². The van der Waals surface area contributed by atoms with E-state index in [1.807, 2.05) is 18.2 Å². The normalized spacial score (nSPS) is 11.7. The van der Waals surface area contributed by atoms with Gasteiger partial charge in [-0.1, -0.05) is 19.9 Å². The Balaban J connectivity index is 2.63. The van der Waals surface area contributed by atoms with Gasteiger partial charge in [0.15, 0.2) is 11.5 Å². The summed E-state index contributed by atoms with van der Waals surface area (Å²) in [5, 5.41) is 12.1. The molecule has 1 N–H and O–H groups in total. The third kappa shape index (κ3) is 4.80. The van der Waals surface area contributed by atoms with E-state index in [0.717, 1.165) is 19.4 Å². The van der Waals surface area contributed by atoms with Gasteiger partial charge in [-0.25, -0.2) is 0 Å². The van der Waals surface area contributed by atoms with Crippen LogP contribution in [0.2, 0.25) is 0 Å². The first kappa shape index (κ1) is 15.3. The highest BCUT2D eigenvalue weighted by Gasteiger charge is 2.10. The van der Waals surface area contributed by atoms with Gasteiger partial charge < -0.3 is 9.47 Å². The molecule has 1 unspecified atom stereocenters. The molecule has 0 saturated carbocycles. The van der Waals surface area contributed by atoms with Crippen molar-refractivity contribution in [2.45, 2.75) is 32.7 Å². The third-order valence-electron chi connectivity index (χ3n) is 2.84. The third-order valence-corrected chi connectivity index (χ3v) is 2.84. The van der Waals surface area contributed by atoms with Gasteiger partial charge in [-0.05, 0) is 37.1 Å². The number of rotatable bonds is 8. The Labute approximate surface area is 115 Å². The summed E-state index contributed by atoms with van der Waals surface area (Å²) in [5.74, 6) is 1.39. The molecule has 0 radical (unpaired) electrons. The lowest BCUT2D eigenvalue weighted by Gasteiger charge is -2.15. The molecule has 0 heterocycles. The second-order valence-corrected chi connectivity index (χ2v) is 4.29. The number of hydrogen-bond acceptors (Lipinski definition) is 4. The summed E-state index contributed by atoms with van der Waals surface area (Å²) in [7, 11) is 1.62. The second-order valence-electron chi connectivity index (χ2n) is 4.29. The lowest BCUT2D eigenvalue weighted by Crippen LogP contribution is -2.33. The first-order valence-corrected chi connectivity index (χ1v) is 6.67. The Morgan fingerprint density at radius 3 is 2.68 bits per heavy atom. The van der Waals surface area contributed by atoms with E-state index in [4.69, 9.17) is 14.7 Å². The van der Waals surface area contributed by atoms with Crippen LogP contribution in [0.5, 0.6) is 11.5 Å². The predicted octanol–water partition coefficient (Wildman–Crippen LogP) is 2.53. The molecule has 0 aliphatic carbocycles. The van der Waals surface area contributed by atoms with Crippen LogP contribution in [-0.4, -0.2) is 26.3 Å². The lowest BCUT2D eigenvalue weighted by molar-refractivity contribution is 0.272. The minimum absolute atomic E-state index is 0.296. The number of nitrogens with zero attached hydrogens (tertiary/aromatic N) is 1. The van der Waals surface area contributed by atoms with Crippen molar-refractivity contribution >= 4 is 0 Å². The molecule has 0 aromatic heterocycles. The number of methoxy groups -OCH3 is 1. The Hall–Kier alpha value is -1.73. The number of hydrogen-bond donors (Lipinski definition) is 1. The number of benzene rings is 1. The zero-order valence-corrected chi connectivity index (χ0v) is 11.9. The summed E-state index contributed by atoms with van der Waals surface area (Å²) in [5.41, 5.74) is 1.20. The number of nitrogens with one attached hydrogen (secondary N) is 1. The summed E-state index contributed by atoms with van der Waals surface area (Å²) in [6, 6.07) is 7.77. The topological polar surface area (TPSA) is 54.3 Å². The Bertz CT molecular complexity index is 427. The van der Waals surface area contributed by atoms with Crippen LogP contribution in [0.1, 0.15) is 25.8 Å². The lowest BCUT2D eigenvalue weighted by atomic mass is 10.1. The van der Waals surface area contributed by atoms with Crippen LogP contribution in [0.4, 0.5) is 0 Å². The monoisotopic (exact) mass is 262 g/mol. The van der Waals surface area contributed by atoms with E-state index in [9.17, 15) is 0 Å². The van der Waals surface area contributed by atoms with E-state index >= 15 is 0 Å². The van der Waals surface area contributed by atoms with Crippen molar-refractivity contribution in [2.75, 3.05) is 20.3 Å². The SMILES string of the molecule is CCCNC(C#N)COc1ccc(CC)cc1OC. The van der Waals surface area contributed by atoms with Crippen LogP contribution in [0, 0.1) is 11.3 Å². The van der Waals surface area contributed by atoms with E-state index < -0.39 is 0 Å². The molecule has 0 bridgehead atoms. The smallest absolute Gasteiger partial charge is 0.161 e. The van der Waals surface area contributed by atoms with Gasteiger partial charge in [0.1, 0.15) is 12.6 Å². The summed E-state index contributed by atoms with van der Waals surface area (Å²) < 4.78 is 11.0. The fourth-order valence-corrected chi connectivity index (χ4v) is 1.68. The first-order valence-electron chi connectivity index (χ1n) is 6.67. The Kier molecular flexibility index (Phi) is 6.76. The molecule has 0 fully saturated rings. The number of nitriles is 1. The van der Waals surface area contributed by atoms with Gasteiger partial charge in [-0.3, -0.25) is 5.32 Å². The summed E-state index contributed by atoms with van der Waals surface area (Å²) in [4.78, 5) is 0. The fraction of sp³-hybridized carbons (Fsp3) is 0.533. The minimum atomic E-state index is -0.296. The molecule has 0 saturated heterocycles. The number of aryl methyl sites for hydroxylation is 1. The maximum absolute atomic E-state index is 9.02. The Morgan fingerprint density at radius 2 is 2.11 bits per heavy atom. The second kappa shape index (κ2) is 8.39. The minimum Gasteiger partial charge on any atom is -0.493 e. The molecule has 104 valence electrons. The van der Waals surface area contributed by atoms with Crippen molar-refractivity contribution in [1.29, 1.82) is 5.26 Å². The van der Waals surface area contributed by atoms with Crippen molar-refractivity contribution in [3.63, 3.8) is 0 Å². The molecule has 0 aliphatic heterocycles. The summed E-state index contributed by atoms with van der Waals surface area (Å²) >= 11 is 0. The molecule has 4 heteroatoms. The quantitative estimate of drug-likeness (QED) is 0.782. The van der Waals surface area contributed by atoms with Crippen LogP contribution in [-0.2, 0) is 6.42 Å². The largest absolute Gasteiger partial charge is 0.493 e. The van der Waals surface area contributed by atoms with Gasteiger partial charge >= 0.3 is 0 Å². The molecule has 19 heavy (non-hydrogen) atoms. The highest BCUT2D eigenvalue weighted by atomic mass is 16.5. The van der Waals surface area contributed by atoms with Gasteiger partial charge in [-0.15, -0.1) is 0 Å². The predicted molar refractivity (Wildman–Crippen MR) is 75.6 cm³/mol. The van der Waals surface area contributed by atoms with E-state index in [1.54, 1.807) is 7.11 Å². The molecule has 4 nitrogen and oxygen atoms in total. The van der Waals surface area contributed by atoms with Crippen molar-refractivity contribution in [3.05, 3.63) is 23.8 Å². The van der Waals surface area contributed by atoms with Crippen LogP contribution < -0.4 is 14.8 Å². The van der Waals surface area contributed by atoms with Crippen molar-refractivity contribution in [3.8, 4) is 17.6 Å². The van der Waals surface area contributed by atoms with Crippen molar-refractivity contribution in [1.82, 2.24) is 5.32 Å². The summed E-state index contributed by atoms with van der Waals surface area (Å²) in [6.07, 6.45) is 1.95. The van der Waals surface area contributed by atoms with Crippen LogP contribution in [0.25, 0.3) is 0 Å². The van der Waals surface area contributed by atoms with Crippen LogP contribution >= 0.6 is 0 Å². The maximum atomic E-state index is 9.02. The highest BCUT2D eigenvalue weighted by molar-refractivity contribution is 5.43. The standard InChI is InChI=1S/C15H22N2O2/c1-4-8-17-13(10-16)11-19-14-7-6-12(5-2)9-15(14)18-3/h6-7,9,13,17H,4-5,8,11H2,1-3H3. The average molecular weight is 262 g/mol. The van der Waals surface area contributed by atoms with E-state index in [1.165, 1.54) is 5.56 Å². The van der Waals surface area contributed by atoms with Crippen LogP contribution in [0.15, 0.2) is 18.2 Å². The fourth-order valence-electron chi connectivity index (χ4n) is 1.68. The molecule has 1 rings (SSSR count). The molecule has 1 atom stereocenters. The zero-order valence-electron chi connectivity index (χ0n) is 11.9. The van der Waals surface area contributed by atoms with Gasteiger partial charge in [0.05, 0.1) is 13.2 Å². The van der Waals surface area contributed by atoms with E-state index in [0.29, 0.717) is 18.1 Å². The van der Waals surface area contributed by atoms with Gasteiger partial charge in [0.25, 0.3) is 0 Å². The average Bonchev–Trinajstić information content (AvgIpc) is 2.47. The number of ether oxygens (including phenoxy) is 2. The van der Waals surface area contributed by atoms with Gasteiger partial charge in [-0.2, -0.15) is 5.26 Å².